The molecular weight excluding hydrogens is 220 g/mol. The van der Waals surface area contributed by atoms with Crippen LogP contribution in [-0.4, -0.2) is 24.0 Å². The van der Waals surface area contributed by atoms with Gasteiger partial charge in [-0.3, -0.25) is 4.90 Å². The second-order valence-corrected chi connectivity index (χ2v) is 4.92. The molecule has 16 heavy (non-hydrogen) atoms. The molecule has 1 heterocycles. The van der Waals surface area contributed by atoms with Crippen LogP contribution in [0.15, 0.2) is 24.3 Å². The molecule has 0 radical (unpaired) electrons. The van der Waals surface area contributed by atoms with E-state index in [1.54, 1.807) is 0 Å². The molecule has 1 atom stereocenters. The van der Waals surface area contributed by atoms with E-state index in [4.69, 9.17) is 17.3 Å². The predicted molar refractivity (Wildman–Crippen MR) is 68.6 cm³/mol. The molecule has 0 bridgehead atoms. The van der Waals surface area contributed by atoms with Crippen molar-refractivity contribution in [3.8, 4) is 0 Å². The predicted octanol–water partition coefficient (Wildman–Crippen LogP) is 2.65. The summed E-state index contributed by atoms with van der Waals surface area (Å²) in [5.41, 5.74) is 7.09. The van der Waals surface area contributed by atoms with Crippen molar-refractivity contribution in [3.63, 3.8) is 0 Å². The fourth-order valence-electron chi connectivity index (χ4n) is 2.40. The third-order valence-corrected chi connectivity index (χ3v) is 3.53. The van der Waals surface area contributed by atoms with Crippen LogP contribution in [0.4, 0.5) is 0 Å². The molecule has 1 aliphatic heterocycles. The molecule has 1 aromatic carbocycles. The first-order chi connectivity index (χ1) is 7.79. The van der Waals surface area contributed by atoms with E-state index in [2.05, 4.69) is 11.0 Å². The highest BCUT2D eigenvalue weighted by Gasteiger charge is 2.20. The molecule has 1 aromatic rings. The minimum Gasteiger partial charge on any atom is -0.329 e. The number of hydrogen-bond acceptors (Lipinski definition) is 2. The van der Waals surface area contributed by atoms with Crippen molar-refractivity contribution in [2.75, 3.05) is 13.1 Å². The van der Waals surface area contributed by atoms with Gasteiger partial charge in [-0.1, -0.05) is 30.2 Å². The monoisotopic (exact) mass is 238 g/mol. The van der Waals surface area contributed by atoms with Gasteiger partial charge >= 0.3 is 0 Å². The van der Waals surface area contributed by atoms with Crippen molar-refractivity contribution >= 4 is 11.6 Å². The first kappa shape index (κ1) is 11.9. The van der Waals surface area contributed by atoms with Crippen LogP contribution in [0.2, 0.25) is 5.02 Å². The molecule has 1 saturated heterocycles. The Morgan fingerprint density at radius 2 is 2.25 bits per heavy atom. The van der Waals surface area contributed by atoms with Crippen LogP contribution in [0.3, 0.4) is 0 Å². The maximum absolute atomic E-state index is 5.99. The largest absolute Gasteiger partial charge is 0.329 e. The summed E-state index contributed by atoms with van der Waals surface area (Å²) in [5.74, 6) is 0. The fraction of sp³-hybridized carbons (Fsp3) is 0.538. The molecule has 0 spiro atoms. The van der Waals surface area contributed by atoms with Crippen LogP contribution < -0.4 is 5.73 Å². The number of benzene rings is 1. The Morgan fingerprint density at radius 1 is 1.38 bits per heavy atom. The van der Waals surface area contributed by atoms with Gasteiger partial charge in [0, 0.05) is 24.2 Å². The lowest BCUT2D eigenvalue weighted by atomic mass is 10.0. The van der Waals surface area contributed by atoms with Crippen molar-refractivity contribution in [2.45, 2.75) is 31.8 Å². The van der Waals surface area contributed by atoms with E-state index in [0.29, 0.717) is 6.04 Å². The second kappa shape index (κ2) is 5.67. The normalized spacial score (nSPS) is 22.2. The standard InChI is InChI=1S/C13H19ClN2/c14-12-5-3-4-11(8-12)10-16-7-2-1-6-13(16)9-15/h3-5,8,13H,1-2,6-7,9-10,15H2/t13-/m1/s1. The number of piperidine rings is 1. The van der Waals surface area contributed by atoms with Crippen molar-refractivity contribution in [2.24, 2.45) is 5.73 Å². The zero-order valence-electron chi connectivity index (χ0n) is 9.53. The van der Waals surface area contributed by atoms with Gasteiger partial charge in [0.05, 0.1) is 0 Å². The average molecular weight is 239 g/mol. The molecule has 0 unspecified atom stereocenters. The van der Waals surface area contributed by atoms with Crippen molar-refractivity contribution in [3.05, 3.63) is 34.9 Å². The lowest BCUT2D eigenvalue weighted by Crippen LogP contribution is -2.43. The first-order valence-corrected chi connectivity index (χ1v) is 6.36. The topological polar surface area (TPSA) is 29.3 Å². The van der Waals surface area contributed by atoms with Crippen LogP contribution in [0, 0.1) is 0 Å². The van der Waals surface area contributed by atoms with Gasteiger partial charge in [-0.2, -0.15) is 0 Å². The number of halogens is 1. The molecule has 2 N–H and O–H groups in total. The maximum Gasteiger partial charge on any atom is 0.0409 e. The van der Waals surface area contributed by atoms with Gasteiger partial charge in [-0.05, 0) is 37.1 Å². The Labute approximate surface area is 102 Å². The summed E-state index contributed by atoms with van der Waals surface area (Å²) in [4.78, 5) is 2.48. The number of nitrogens with zero attached hydrogens (tertiary/aromatic N) is 1. The molecule has 1 fully saturated rings. The summed E-state index contributed by atoms with van der Waals surface area (Å²) >= 11 is 5.99. The Morgan fingerprint density at radius 3 is 3.00 bits per heavy atom. The summed E-state index contributed by atoms with van der Waals surface area (Å²) in [6.07, 6.45) is 3.84. The number of hydrogen-bond donors (Lipinski definition) is 1. The number of rotatable bonds is 3. The van der Waals surface area contributed by atoms with Crippen molar-refractivity contribution < 1.29 is 0 Å². The lowest BCUT2D eigenvalue weighted by molar-refractivity contribution is 0.145. The van der Waals surface area contributed by atoms with Crippen LogP contribution in [-0.2, 0) is 6.54 Å². The summed E-state index contributed by atoms with van der Waals surface area (Å²) in [6.45, 7) is 2.90. The van der Waals surface area contributed by atoms with E-state index in [1.807, 2.05) is 18.2 Å². The third-order valence-electron chi connectivity index (χ3n) is 3.30. The highest BCUT2D eigenvalue weighted by molar-refractivity contribution is 6.30. The minimum atomic E-state index is 0.549. The fourth-order valence-corrected chi connectivity index (χ4v) is 2.62. The van der Waals surface area contributed by atoms with Crippen molar-refractivity contribution in [1.82, 2.24) is 4.90 Å². The lowest BCUT2D eigenvalue weighted by Gasteiger charge is -2.35. The first-order valence-electron chi connectivity index (χ1n) is 5.98. The third kappa shape index (κ3) is 2.97. The van der Waals surface area contributed by atoms with Gasteiger partial charge in [0.25, 0.3) is 0 Å². The molecule has 3 heteroatoms. The molecule has 0 aliphatic carbocycles. The quantitative estimate of drug-likeness (QED) is 0.877. The Kier molecular flexibility index (Phi) is 4.22. The van der Waals surface area contributed by atoms with E-state index in [0.717, 1.165) is 24.7 Å². The van der Waals surface area contributed by atoms with Gasteiger partial charge in [0.1, 0.15) is 0 Å². The van der Waals surface area contributed by atoms with Gasteiger partial charge in [0.15, 0.2) is 0 Å². The van der Waals surface area contributed by atoms with Crippen LogP contribution >= 0.6 is 11.6 Å². The smallest absolute Gasteiger partial charge is 0.0409 e. The van der Waals surface area contributed by atoms with E-state index >= 15 is 0 Å². The SMILES string of the molecule is NC[C@H]1CCCCN1Cc1cccc(Cl)c1. The van der Waals surface area contributed by atoms with Crippen LogP contribution in [0.5, 0.6) is 0 Å². The molecule has 2 rings (SSSR count). The highest BCUT2D eigenvalue weighted by Crippen LogP contribution is 2.20. The summed E-state index contributed by atoms with van der Waals surface area (Å²) in [6, 6.07) is 8.66. The van der Waals surface area contributed by atoms with E-state index in [9.17, 15) is 0 Å². The maximum atomic E-state index is 5.99. The molecule has 0 saturated carbocycles. The molecule has 1 aliphatic rings. The average Bonchev–Trinajstić information content (AvgIpc) is 2.30. The Hall–Kier alpha value is -0.570. The van der Waals surface area contributed by atoms with Crippen molar-refractivity contribution in [1.29, 1.82) is 0 Å². The Balaban J connectivity index is 2.02. The second-order valence-electron chi connectivity index (χ2n) is 4.49. The van der Waals surface area contributed by atoms with Gasteiger partial charge < -0.3 is 5.73 Å². The highest BCUT2D eigenvalue weighted by atomic mass is 35.5. The zero-order chi connectivity index (χ0) is 11.4. The van der Waals surface area contributed by atoms with E-state index in [1.165, 1.54) is 24.8 Å². The number of nitrogens with two attached hydrogens (primary N) is 1. The van der Waals surface area contributed by atoms with Gasteiger partial charge in [-0.15, -0.1) is 0 Å². The van der Waals surface area contributed by atoms with Gasteiger partial charge in [0.2, 0.25) is 0 Å². The van der Waals surface area contributed by atoms with Crippen LogP contribution in [0.25, 0.3) is 0 Å². The molecular formula is C13H19ClN2. The summed E-state index contributed by atoms with van der Waals surface area (Å²) in [5, 5.41) is 0.818. The van der Waals surface area contributed by atoms with Gasteiger partial charge in [-0.25, -0.2) is 0 Å². The zero-order valence-corrected chi connectivity index (χ0v) is 10.3. The minimum absolute atomic E-state index is 0.549. The molecule has 2 nitrogen and oxygen atoms in total. The van der Waals surface area contributed by atoms with Crippen LogP contribution in [0.1, 0.15) is 24.8 Å². The summed E-state index contributed by atoms with van der Waals surface area (Å²) in [7, 11) is 0. The summed E-state index contributed by atoms with van der Waals surface area (Å²) < 4.78 is 0. The van der Waals surface area contributed by atoms with E-state index < -0.39 is 0 Å². The number of likely N-dealkylation sites (tertiary alicyclic amines) is 1. The molecule has 88 valence electrons. The Bertz CT molecular complexity index is 340. The molecule has 0 aromatic heterocycles. The van der Waals surface area contributed by atoms with E-state index in [-0.39, 0.29) is 0 Å². The molecule has 0 amide bonds.